The van der Waals surface area contributed by atoms with E-state index in [-0.39, 0.29) is 0 Å². The van der Waals surface area contributed by atoms with Gasteiger partial charge in [-0.25, -0.2) is 0 Å². The number of allylic oxidation sites excluding steroid dienone is 1. The quantitative estimate of drug-likeness (QED) is 0.739. The van der Waals surface area contributed by atoms with Gasteiger partial charge in [0.2, 0.25) is 0 Å². The van der Waals surface area contributed by atoms with Crippen LogP contribution in [-0.2, 0) is 0 Å². The van der Waals surface area contributed by atoms with Crippen LogP contribution in [0, 0.1) is 6.92 Å². The molecule has 0 aliphatic carbocycles. The van der Waals surface area contributed by atoms with Crippen molar-refractivity contribution >= 4 is 15.9 Å². The number of benzene rings is 1. The summed E-state index contributed by atoms with van der Waals surface area (Å²) in [5, 5.41) is 0. The molecule has 0 aromatic heterocycles. The van der Waals surface area contributed by atoms with E-state index in [1.165, 1.54) is 5.57 Å². The van der Waals surface area contributed by atoms with Crippen LogP contribution in [0.5, 0.6) is 5.75 Å². The predicted octanol–water partition coefficient (Wildman–Crippen LogP) is 4.10. The molecule has 0 aliphatic heterocycles. The molecule has 0 N–H and O–H groups in total. The Morgan fingerprint density at radius 2 is 2.14 bits per heavy atom. The molecule has 0 fully saturated rings. The molecule has 1 aromatic carbocycles. The third-order valence-electron chi connectivity index (χ3n) is 1.88. The van der Waals surface area contributed by atoms with Crippen molar-refractivity contribution < 1.29 is 4.74 Å². The summed E-state index contributed by atoms with van der Waals surface area (Å²) >= 11 is 3.42. The fourth-order valence-corrected chi connectivity index (χ4v) is 1.37. The average molecular weight is 255 g/mol. The topological polar surface area (TPSA) is 9.23 Å². The van der Waals surface area contributed by atoms with Crippen LogP contribution in [0.1, 0.15) is 19.4 Å². The van der Waals surface area contributed by atoms with Crippen LogP contribution >= 0.6 is 15.9 Å². The standard InChI is InChI=1S/C12H15BrO/c1-9(2)6-7-14-12-8-11(13)5-4-10(12)3/h4-6,8H,7H2,1-3H3. The van der Waals surface area contributed by atoms with Crippen LogP contribution in [0.2, 0.25) is 0 Å². The highest BCUT2D eigenvalue weighted by molar-refractivity contribution is 9.10. The van der Waals surface area contributed by atoms with Crippen LogP contribution in [0.25, 0.3) is 0 Å². The fraction of sp³-hybridized carbons (Fsp3) is 0.333. The van der Waals surface area contributed by atoms with Crippen molar-refractivity contribution in [1.29, 1.82) is 0 Å². The Balaban J connectivity index is 2.67. The monoisotopic (exact) mass is 254 g/mol. The summed E-state index contributed by atoms with van der Waals surface area (Å²) in [7, 11) is 0. The molecule has 1 aromatic rings. The molecule has 14 heavy (non-hydrogen) atoms. The summed E-state index contributed by atoms with van der Waals surface area (Å²) in [6.07, 6.45) is 2.07. The first-order chi connectivity index (χ1) is 6.59. The second-order valence-electron chi connectivity index (χ2n) is 3.50. The molecule has 0 spiro atoms. The first-order valence-electron chi connectivity index (χ1n) is 4.62. The molecular weight excluding hydrogens is 240 g/mol. The Labute approximate surface area is 93.9 Å². The number of hydrogen-bond acceptors (Lipinski definition) is 1. The van der Waals surface area contributed by atoms with Crippen LogP contribution < -0.4 is 4.74 Å². The summed E-state index contributed by atoms with van der Waals surface area (Å²) in [5.74, 6) is 0.942. The highest BCUT2D eigenvalue weighted by atomic mass is 79.9. The maximum absolute atomic E-state index is 5.62. The molecule has 0 amide bonds. The summed E-state index contributed by atoms with van der Waals surface area (Å²) < 4.78 is 6.67. The maximum Gasteiger partial charge on any atom is 0.123 e. The summed E-state index contributed by atoms with van der Waals surface area (Å²) in [4.78, 5) is 0. The highest BCUT2D eigenvalue weighted by Crippen LogP contribution is 2.22. The van der Waals surface area contributed by atoms with Gasteiger partial charge in [-0.15, -0.1) is 0 Å². The molecule has 1 rings (SSSR count). The Morgan fingerprint density at radius 1 is 1.43 bits per heavy atom. The lowest BCUT2D eigenvalue weighted by atomic mass is 10.2. The minimum Gasteiger partial charge on any atom is -0.489 e. The largest absolute Gasteiger partial charge is 0.489 e. The van der Waals surface area contributed by atoms with E-state index in [1.54, 1.807) is 0 Å². The van der Waals surface area contributed by atoms with Gasteiger partial charge in [-0.05, 0) is 44.5 Å². The van der Waals surface area contributed by atoms with E-state index in [2.05, 4.69) is 35.9 Å². The van der Waals surface area contributed by atoms with E-state index in [0.29, 0.717) is 6.61 Å². The molecule has 0 bridgehead atoms. The number of rotatable bonds is 3. The average Bonchev–Trinajstić information content (AvgIpc) is 2.10. The Hall–Kier alpha value is -0.760. The van der Waals surface area contributed by atoms with Gasteiger partial charge in [-0.3, -0.25) is 0 Å². The van der Waals surface area contributed by atoms with E-state index in [0.717, 1.165) is 15.8 Å². The zero-order chi connectivity index (χ0) is 10.6. The van der Waals surface area contributed by atoms with Crippen molar-refractivity contribution in [3.8, 4) is 5.75 Å². The molecule has 0 saturated carbocycles. The van der Waals surface area contributed by atoms with Gasteiger partial charge in [0.1, 0.15) is 12.4 Å². The van der Waals surface area contributed by atoms with Gasteiger partial charge >= 0.3 is 0 Å². The van der Waals surface area contributed by atoms with Crippen molar-refractivity contribution in [2.75, 3.05) is 6.61 Å². The molecule has 76 valence electrons. The molecule has 0 atom stereocenters. The van der Waals surface area contributed by atoms with Gasteiger partial charge < -0.3 is 4.74 Å². The van der Waals surface area contributed by atoms with E-state index in [4.69, 9.17) is 4.74 Å². The minimum absolute atomic E-state index is 0.639. The summed E-state index contributed by atoms with van der Waals surface area (Å²) in [5.41, 5.74) is 2.44. The van der Waals surface area contributed by atoms with Gasteiger partial charge in [0.15, 0.2) is 0 Å². The van der Waals surface area contributed by atoms with Gasteiger partial charge in [-0.1, -0.05) is 27.6 Å². The molecule has 0 heterocycles. The highest BCUT2D eigenvalue weighted by Gasteiger charge is 1.98. The van der Waals surface area contributed by atoms with Crippen molar-refractivity contribution in [2.45, 2.75) is 20.8 Å². The molecule has 0 saturated heterocycles. The lowest BCUT2D eigenvalue weighted by Crippen LogP contribution is -1.95. The molecule has 0 radical (unpaired) electrons. The van der Waals surface area contributed by atoms with Gasteiger partial charge in [0.05, 0.1) is 0 Å². The number of ether oxygens (including phenoxy) is 1. The Morgan fingerprint density at radius 3 is 2.79 bits per heavy atom. The van der Waals surface area contributed by atoms with Crippen LogP contribution in [0.4, 0.5) is 0 Å². The predicted molar refractivity (Wildman–Crippen MR) is 63.8 cm³/mol. The van der Waals surface area contributed by atoms with Crippen molar-refractivity contribution in [3.63, 3.8) is 0 Å². The third-order valence-corrected chi connectivity index (χ3v) is 2.37. The summed E-state index contributed by atoms with van der Waals surface area (Å²) in [6.45, 7) is 6.82. The fourth-order valence-electron chi connectivity index (χ4n) is 1.03. The Bertz CT molecular complexity index is 338. The second kappa shape index (κ2) is 5.20. The number of hydrogen-bond donors (Lipinski definition) is 0. The van der Waals surface area contributed by atoms with Crippen molar-refractivity contribution in [1.82, 2.24) is 0 Å². The van der Waals surface area contributed by atoms with E-state index < -0.39 is 0 Å². The molecular formula is C12H15BrO. The molecule has 0 aliphatic rings. The molecule has 2 heteroatoms. The van der Waals surface area contributed by atoms with Gasteiger partial charge in [0.25, 0.3) is 0 Å². The van der Waals surface area contributed by atoms with E-state index in [9.17, 15) is 0 Å². The Kier molecular flexibility index (Phi) is 4.21. The first-order valence-corrected chi connectivity index (χ1v) is 5.41. The van der Waals surface area contributed by atoms with Crippen LogP contribution in [0.15, 0.2) is 34.3 Å². The SMILES string of the molecule is CC(C)=CCOc1cc(Br)ccc1C. The number of halogens is 1. The van der Waals surface area contributed by atoms with Gasteiger partial charge in [0, 0.05) is 4.47 Å². The minimum atomic E-state index is 0.639. The lowest BCUT2D eigenvalue weighted by molar-refractivity contribution is 0.359. The normalized spacial score (nSPS) is 9.71. The van der Waals surface area contributed by atoms with E-state index in [1.807, 2.05) is 25.1 Å². The molecule has 0 unspecified atom stereocenters. The lowest BCUT2D eigenvalue weighted by Gasteiger charge is -2.07. The first kappa shape index (κ1) is 11.3. The summed E-state index contributed by atoms with van der Waals surface area (Å²) in [6, 6.07) is 6.05. The zero-order valence-corrected chi connectivity index (χ0v) is 10.4. The maximum atomic E-state index is 5.62. The van der Waals surface area contributed by atoms with E-state index >= 15 is 0 Å². The van der Waals surface area contributed by atoms with Crippen molar-refractivity contribution in [2.24, 2.45) is 0 Å². The zero-order valence-electron chi connectivity index (χ0n) is 8.80. The smallest absolute Gasteiger partial charge is 0.123 e. The third kappa shape index (κ3) is 3.54. The molecule has 1 nitrogen and oxygen atoms in total. The van der Waals surface area contributed by atoms with Crippen LogP contribution in [-0.4, -0.2) is 6.61 Å². The van der Waals surface area contributed by atoms with Crippen molar-refractivity contribution in [3.05, 3.63) is 39.9 Å². The number of aryl methyl sites for hydroxylation is 1. The van der Waals surface area contributed by atoms with Gasteiger partial charge in [-0.2, -0.15) is 0 Å². The second-order valence-corrected chi connectivity index (χ2v) is 4.42. The van der Waals surface area contributed by atoms with Crippen LogP contribution in [0.3, 0.4) is 0 Å².